The van der Waals surface area contributed by atoms with E-state index in [1.165, 1.54) is 66.1 Å². The number of nitrogens with zero attached hydrogens (tertiary/aromatic N) is 3. The Labute approximate surface area is 277 Å². The molecule has 0 fully saturated rings. The van der Waals surface area contributed by atoms with Crippen molar-refractivity contribution in [3.8, 4) is 50.5 Å². The van der Waals surface area contributed by atoms with Gasteiger partial charge in [-0.15, -0.1) is 0 Å². The Morgan fingerprint density at radius 1 is 0.438 bits per heavy atom. The predicted molar refractivity (Wildman–Crippen MR) is 199 cm³/mol. The van der Waals surface area contributed by atoms with Crippen LogP contribution in [-0.2, 0) is 5.41 Å². The van der Waals surface area contributed by atoms with E-state index in [4.69, 9.17) is 9.97 Å². The summed E-state index contributed by atoms with van der Waals surface area (Å²) >= 11 is 0. The van der Waals surface area contributed by atoms with Crippen molar-refractivity contribution in [3.05, 3.63) is 151 Å². The van der Waals surface area contributed by atoms with Crippen LogP contribution in [0, 0.1) is 0 Å². The van der Waals surface area contributed by atoms with E-state index < -0.39 is 0 Å². The van der Waals surface area contributed by atoms with E-state index in [9.17, 15) is 0 Å². The Kier molecular flexibility index (Phi) is 4.91. The fourth-order valence-electron chi connectivity index (χ4n) is 8.93. The van der Waals surface area contributed by atoms with E-state index in [2.05, 4.69) is 158 Å². The van der Waals surface area contributed by atoms with Crippen LogP contribution in [0.5, 0.6) is 0 Å². The molecule has 2 aliphatic rings. The van der Waals surface area contributed by atoms with Gasteiger partial charge in [0.05, 0.1) is 22.1 Å². The number of hydrogen-bond acceptors (Lipinski definition) is 2. The van der Waals surface area contributed by atoms with Gasteiger partial charge in [0, 0.05) is 21.8 Å². The summed E-state index contributed by atoms with van der Waals surface area (Å²) in [6.07, 6.45) is 0. The standard InChI is InChI=1S/C45H29N3/c1-45(2)34-20-6-5-15-29(34)32-18-10-19-33(42(32)45)43-44(47-36-22-8-7-21-35(36)46-43)48-37-23-11-17-31-28-14-4-3-13-27(28)30-16-9-12-26-24-25-38(48)41(39(26)30)40(31)37/h3-25H,1-2H3. The Hall–Kier alpha value is -6.06. The van der Waals surface area contributed by atoms with Gasteiger partial charge >= 0.3 is 0 Å². The lowest BCUT2D eigenvalue weighted by molar-refractivity contribution is 0.661. The summed E-state index contributed by atoms with van der Waals surface area (Å²) in [7, 11) is 0. The van der Waals surface area contributed by atoms with E-state index in [1.807, 2.05) is 0 Å². The highest BCUT2D eigenvalue weighted by Crippen LogP contribution is 2.54. The van der Waals surface area contributed by atoms with Crippen LogP contribution < -0.4 is 0 Å². The minimum Gasteiger partial charge on any atom is -0.292 e. The van der Waals surface area contributed by atoms with Crippen LogP contribution in [0.3, 0.4) is 0 Å². The third-order valence-electron chi connectivity index (χ3n) is 10.9. The van der Waals surface area contributed by atoms with Crippen molar-refractivity contribution >= 4 is 43.6 Å². The highest BCUT2D eigenvalue weighted by Gasteiger charge is 2.38. The van der Waals surface area contributed by atoms with Crippen molar-refractivity contribution in [2.75, 3.05) is 0 Å². The minimum atomic E-state index is -0.198. The quantitative estimate of drug-likeness (QED) is 0.195. The monoisotopic (exact) mass is 611 g/mol. The molecule has 0 spiro atoms. The SMILES string of the molecule is CC1(C)c2ccccc2-c2cccc(-c3nc4ccccc4nc3-n3c4cccc5c4c4c6c(cccc6ccc43)-c3ccccc3-5)c21. The van der Waals surface area contributed by atoms with Crippen LogP contribution in [0.1, 0.15) is 25.0 Å². The molecule has 3 nitrogen and oxygen atoms in total. The Balaban J connectivity index is 1.32. The van der Waals surface area contributed by atoms with Gasteiger partial charge in [-0.1, -0.05) is 129 Å². The van der Waals surface area contributed by atoms with Crippen LogP contribution in [0.2, 0.25) is 0 Å². The Bertz CT molecular complexity index is 2870. The minimum absolute atomic E-state index is 0.198. The van der Waals surface area contributed by atoms with Crippen LogP contribution in [0.15, 0.2) is 140 Å². The maximum absolute atomic E-state index is 5.51. The van der Waals surface area contributed by atoms with Crippen LogP contribution >= 0.6 is 0 Å². The van der Waals surface area contributed by atoms with E-state index in [1.54, 1.807) is 0 Å². The van der Waals surface area contributed by atoms with E-state index >= 15 is 0 Å². The highest BCUT2D eigenvalue weighted by molar-refractivity contribution is 6.30. The predicted octanol–water partition coefficient (Wildman–Crippen LogP) is 11.5. The molecule has 3 heteroatoms. The summed E-state index contributed by atoms with van der Waals surface area (Å²) in [5.74, 6) is 0.858. The molecule has 0 bridgehead atoms. The molecule has 0 aliphatic heterocycles. The largest absolute Gasteiger partial charge is 0.292 e. The topological polar surface area (TPSA) is 30.7 Å². The molecule has 0 saturated heterocycles. The molecule has 0 saturated carbocycles. The van der Waals surface area contributed by atoms with Gasteiger partial charge in [0.15, 0.2) is 5.82 Å². The summed E-state index contributed by atoms with van der Waals surface area (Å²) in [5.41, 5.74) is 16.2. The van der Waals surface area contributed by atoms with Gasteiger partial charge in [-0.05, 0) is 79.5 Å². The molecule has 0 atom stereocenters. The summed E-state index contributed by atoms with van der Waals surface area (Å²) in [6, 6.07) is 50.7. The molecule has 2 aromatic heterocycles. The number of fused-ring (bicyclic) bond motifs is 7. The van der Waals surface area contributed by atoms with Crippen molar-refractivity contribution in [2.45, 2.75) is 19.3 Å². The van der Waals surface area contributed by atoms with E-state index in [0.717, 1.165) is 39.1 Å². The number of para-hydroxylation sites is 2. The van der Waals surface area contributed by atoms with Crippen molar-refractivity contribution in [3.63, 3.8) is 0 Å². The summed E-state index contributed by atoms with van der Waals surface area (Å²) < 4.78 is 2.39. The lowest BCUT2D eigenvalue weighted by Crippen LogP contribution is -2.17. The van der Waals surface area contributed by atoms with Crippen LogP contribution in [0.25, 0.3) is 94.1 Å². The second-order valence-corrected chi connectivity index (χ2v) is 13.7. The van der Waals surface area contributed by atoms with Gasteiger partial charge in [-0.25, -0.2) is 9.97 Å². The van der Waals surface area contributed by atoms with Gasteiger partial charge in [-0.2, -0.15) is 0 Å². The molecule has 0 radical (unpaired) electrons. The average Bonchev–Trinajstić information content (AvgIpc) is 3.55. The fourth-order valence-corrected chi connectivity index (χ4v) is 8.93. The first-order valence-electron chi connectivity index (χ1n) is 16.7. The molecule has 0 amide bonds. The molecular weight excluding hydrogens is 583 g/mol. The molecule has 11 rings (SSSR count). The zero-order valence-corrected chi connectivity index (χ0v) is 26.6. The van der Waals surface area contributed by atoms with E-state index in [-0.39, 0.29) is 5.41 Å². The lowest BCUT2D eigenvalue weighted by atomic mass is 9.79. The van der Waals surface area contributed by atoms with Crippen LogP contribution in [0.4, 0.5) is 0 Å². The third-order valence-corrected chi connectivity index (χ3v) is 10.9. The maximum Gasteiger partial charge on any atom is 0.165 e. The smallest absolute Gasteiger partial charge is 0.165 e. The van der Waals surface area contributed by atoms with Gasteiger partial charge in [0.1, 0.15) is 5.69 Å². The van der Waals surface area contributed by atoms with Gasteiger partial charge in [0.25, 0.3) is 0 Å². The second-order valence-electron chi connectivity index (χ2n) is 13.7. The number of rotatable bonds is 2. The lowest BCUT2D eigenvalue weighted by Gasteiger charge is -2.25. The normalized spacial score (nSPS) is 13.8. The first-order chi connectivity index (χ1) is 23.6. The van der Waals surface area contributed by atoms with Crippen molar-refractivity contribution in [1.29, 1.82) is 0 Å². The zero-order valence-electron chi connectivity index (χ0n) is 26.6. The van der Waals surface area contributed by atoms with Crippen molar-refractivity contribution < 1.29 is 0 Å². The molecule has 224 valence electrons. The fraction of sp³-hybridized carbons (Fsp3) is 0.0667. The molecule has 2 heterocycles. The average molecular weight is 612 g/mol. The molecule has 9 aromatic rings. The molecule has 7 aromatic carbocycles. The van der Waals surface area contributed by atoms with Crippen molar-refractivity contribution in [1.82, 2.24) is 14.5 Å². The number of aromatic nitrogens is 3. The zero-order chi connectivity index (χ0) is 31.7. The maximum atomic E-state index is 5.51. The van der Waals surface area contributed by atoms with Crippen molar-refractivity contribution in [2.24, 2.45) is 0 Å². The second kappa shape index (κ2) is 9.05. The van der Waals surface area contributed by atoms with Gasteiger partial charge in [-0.3, -0.25) is 4.57 Å². The third kappa shape index (κ3) is 3.18. The Morgan fingerprint density at radius 3 is 1.83 bits per heavy atom. The van der Waals surface area contributed by atoms with Crippen LogP contribution in [-0.4, -0.2) is 14.5 Å². The summed E-state index contributed by atoms with van der Waals surface area (Å²) in [6.45, 7) is 4.69. The number of benzene rings is 7. The highest BCUT2D eigenvalue weighted by atomic mass is 15.1. The summed E-state index contributed by atoms with van der Waals surface area (Å²) in [5, 5.41) is 5.08. The molecule has 48 heavy (non-hydrogen) atoms. The summed E-state index contributed by atoms with van der Waals surface area (Å²) in [4.78, 5) is 11.0. The van der Waals surface area contributed by atoms with E-state index in [0.29, 0.717) is 0 Å². The van der Waals surface area contributed by atoms with Gasteiger partial charge in [0.2, 0.25) is 0 Å². The molecular formula is C45H29N3. The number of hydrogen-bond donors (Lipinski definition) is 0. The molecule has 2 aliphatic carbocycles. The van der Waals surface area contributed by atoms with Gasteiger partial charge < -0.3 is 0 Å². The molecule has 0 unspecified atom stereocenters. The first kappa shape index (κ1) is 26.1. The Morgan fingerprint density at radius 2 is 1.02 bits per heavy atom. The molecule has 0 N–H and O–H groups in total. The first-order valence-corrected chi connectivity index (χ1v) is 16.7.